The number of aliphatic carboxylic acids is 1. The van der Waals surface area contributed by atoms with Gasteiger partial charge in [0.05, 0.1) is 24.7 Å². The van der Waals surface area contributed by atoms with E-state index in [0.717, 1.165) is 0 Å². The van der Waals surface area contributed by atoms with Gasteiger partial charge in [0, 0.05) is 21.7 Å². The largest absolute Gasteiger partial charge is 0.490 e. The molecule has 0 saturated heterocycles. The maximum Gasteiger partial charge on any atom is 0.490 e. The lowest BCUT2D eigenvalue weighted by atomic mass is 9.93. The van der Waals surface area contributed by atoms with Crippen LogP contribution in [0.25, 0.3) is 11.0 Å². The normalized spacial score (nSPS) is 16.2. The van der Waals surface area contributed by atoms with Crippen molar-refractivity contribution in [1.82, 2.24) is 14.9 Å². The highest BCUT2D eigenvalue weighted by Crippen LogP contribution is 2.44. The number of amides is 2. The fraction of sp³-hybridized carbons (Fsp3) is 0.154. The van der Waals surface area contributed by atoms with Gasteiger partial charge in [-0.15, -0.1) is 0 Å². The summed E-state index contributed by atoms with van der Waals surface area (Å²) in [5.74, 6) is -2.85. The van der Waals surface area contributed by atoms with Crippen molar-refractivity contribution in [1.29, 1.82) is 0 Å². The Kier molecular flexibility index (Phi) is 7.71. The highest BCUT2D eigenvalue weighted by atomic mass is 35.5. The number of aromatic amines is 1. The number of rotatable bonds is 4. The number of carboxylic acid groups (broad SMARTS) is 1. The number of aliphatic hydroxyl groups is 1. The molecule has 1 atom stereocenters. The summed E-state index contributed by atoms with van der Waals surface area (Å²) in [6.07, 6.45) is -5.74. The number of imidazole rings is 1. The van der Waals surface area contributed by atoms with Crippen LogP contribution in [0.2, 0.25) is 5.02 Å². The van der Waals surface area contributed by atoms with Crippen molar-refractivity contribution in [3.8, 4) is 0 Å². The molecular weight excluding hydrogens is 557 g/mol. The Morgan fingerprint density at radius 1 is 1.12 bits per heavy atom. The molecule has 4 aromatic rings. The van der Waals surface area contributed by atoms with E-state index in [4.69, 9.17) is 21.5 Å². The Bertz CT molecular complexity index is 1610. The van der Waals surface area contributed by atoms with Crippen molar-refractivity contribution >= 4 is 46.6 Å². The van der Waals surface area contributed by atoms with Crippen LogP contribution >= 0.6 is 11.6 Å². The Balaban J connectivity index is 0.000000470. The molecule has 208 valence electrons. The van der Waals surface area contributed by atoms with Crippen LogP contribution in [0.3, 0.4) is 0 Å². The molecule has 14 heteroatoms. The molecule has 0 radical (unpaired) electrons. The third kappa shape index (κ3) is 5.42. The van der Waals surface area contributed by atoms with E-state index in [9.17, 15) is 27.9 Å². The zero-order valence-corrected chi connectivity index (χ0v) is 21.2. The number of ether oxygens (including phenoxy) is 1. The highest BCUT2D eigenvalue weighted by Gasteiger charge is 2.50. The van der Waals surface area contributed by atoms with Gasteiger partial charge in [-0.25, -0.2) is 14.6 Å². The van der Waals surface area contributed by atoms with Gasteiger partial charge in [-0.2, -0.15) is 13.2 Å². The Morgan fingerprint density at radius 3 is 2.42 bits per heavy atom. The topological polar surface area (TPSA) is 145 Å². The number of carboxylic acids is 1. The number of alkyl halides is 3. The van der Waals surface area contributed by atoms with E-state index in [1.165, 1.54) is 12.0 Å². The summed E-state index contributed by atoms with van der Waals surface area (Å²) in [4.78, 5) is 42.5. The number of halogens is 4. The molecule has 2 amide bonds. The summed E-state index contributed by atoms with van der Waals surface area (Å²) in [5, 5.41) is 22.2. The first-order valence-corrected chi connectivity index (χ1v) is 11.8. The fourth-order valence-electron chi connectivity index (χ4n) is 4.14. The van der Waals surface area contributed by atoms with Gasteiger partial charge in [-0.05, 0) is 29.8 Å². The second kappa shape index (κ2) is 10.9. The van der Waals surface area contributed by atoms with Gasteiger partial charge in [-0.3, -0.25) is 15.0 Å². The molecule has 0 saturated carbocycles. The Labute approximate surface area is 229 Å². The monoisotopic (exact) mass is 576 g/mol. The summed E-state index contributed by atoms with van der Waals surface area (Å²) in [6, 6.07) is 19.3. The molecule has 0 aliphatic carbocycles. The van der Waals surface area contributed by atoms with Gasteiger partial charge >= 0.3 is 18.2 Å². The quantitative estimate of drug-likeness (QED) is 0.271. The van der Waals surface area contributed by atoms with E-state index in [1.807, 2.05) is 18.2 Å². The van der Waals surface area contributed by atoms with E-state index in [1.54, 1.807) is 48.5 Å². The van der Waals surface area contributed by atoms with E-state index < -0.39 is 24.0 Å². The smallest absolute Gasteiger partial charge is 0.475 e. The molecule has 1 aliphatic rings. The lowest BCUT2D eigenvalue weighted by Crippen LogP contribution is -2.44. The van der Waals surface area contributed by atoms with Crippen molar-refractivity contribution < 1.29 is 42.5 Å². The summed E-state index contributed by atoms with van der Waals surface area (Å²) < 4.78 is 36.3. The number of fused-ring (bicyclic) bond motifs is 2. The van der Waals surface area contributed by atoms with Crippen LogP contribution < -0.4 is 5.32 Å². The second-order valence-electron chi connectivity index (χ2n) is 8.44. The lowest BCUT2D eigenvalue weighted by Gasteiger charge is -2.35. The minimum absolute atomic E-state index is 0.111. The number of anilines is 1. The van der Waals surface area contributed by atoms with Crippen molar-refractivity contribution in [2.75, 3.05) is 12.4 Å². The molecule has 10 nitrogen and oxygen atoms in total. The zero-order chi connectivity index (χ0) is 29.2. The van der Waals surface area contributed by atoms with Gasteiger partial charge < -0.3 is 19.9 Å². The molecule has 40 heavy (non-hydrogen) atoms. The maximum atomic E-state index is 13.4. The number of hydrogen-bond donors (Lipinski definition) is 4. The molecule has 5 rings (SSSR count). The zero-order valence-electron chi connectivity index (χ0n) is 20.5. The van der Waals surface area contributed by atoms with Gasteiger partial charge in [0.25, 0.3) is 5.91 Å². The minimum atomic E-state index is -5.08. The number of aromatic nitrogens is 2. The maximum absolute atomic E-state index is 13.4. The van der Waals surface area contributed by atoms with Crippen molar-refractivity contribution in [3.05, 3.63) is 94.0 Å². The van der Waals surface area contributed by atoms with Crippen LogP contribution in [0.5, 0.6) is 0 Å². The molecule has 1 unspecified atom stereocenters. The summed E-state index contributed by atoms with van der Waals surface area (Å²) in [5.41, 5.74) is 1.49. The highest BCUT2D eigenvalue weighted by molar-refractivity contribution is 6.31. The second-order valence-corrected chi connectivity index (χ2v) is 8.84. The molecule has 2 heterocycles. The molecule has 0 spiro atoms. The summed E-state index contributed by atoms with van der Waals surface area (Å²) >= 11 is 6.36. The van der Waals surface area contributed by atoms with Gasteiger partial charge in [0.2, 0.25) is 5.95 Å². The standard InChI is InChI=1S/C24H19ClN4O4.C2HF3O2/c1-33-23(31)28-22-26-19-11-10-15(12-20(19)27-22)24(32)17-8-4-3-7-16(17)21(30)29(24)13-14-6-2-5-9-18(14)25;3-2(4,5)1(6)7/h2-12,32H,13H2,1H3,(H2,26,27,28,31);(H,6,7). The van der Waals surface area contributed by atoms with E-state index in [0.29, 0.717) is 38.3 Å². The number of carbonyl (C=O) groups is 3. The van der Waals surface area contributed by atoms with E-state index >= 15 is 0 Å². The third-order valence-corrected chi connectivity index (χ3v) is 6.36. The molecule has 1 aromatic heterocycles. The molecule has 0 bridgehead atoms. The van der Waals surface area contributed by atoms with E-state index in [2.05, 4.69) is 20.0 Å². The average Bonchev–Trinajstić information content (AvgIpc) is 3.41. The third-order valence-electron chi connectivity index (χ3n) is 5.99. The van der Waals surface area contributed by atoms with Crippen LogP contribution in [0.4, 0.5) is 23.9 Å². The first-order valence-electron chi connectivity index (χ1n) is 11.4. The fourth-order valence-corrected chi connectivity index (χ4v) is 4.33. The van der Waals surface area contributed by atoms with Crippen LogP contribution in [-0.4, -0.2) is 56.3 Å². The van der Waals surface area contributed by atoms with E-state index in [-0.39, 0.29) is 18.4 Å². The Hall–Kier alpha value is -4.62. The number of nitrogens with one attached hydrogen (secondary N) is 2. The predicted octanol–water partition coefficient (Wildman–Crippen LogP) is 4.88. The number of carbonyl (C=O) groups excluding carboxylic acids is 2. The number of hydrogen-bond acceptors (Lipinski definition) is 6. The van der Waals surface area contributed by atoms with Gasteiger partial charge in [0.1, 0.15) is 0 Å². The lowest BCUT2D eigenvalue weighted by molar-refractivity contribution is -0.192. The van der Waals surface area contributed by atoms with Crippen molar-refractivity contribution in [2.45, 2.75) is 18.4 Å². The first kappa shape index (κ1) is 28.4. The Morgan fingerprint density at radius 2 is 1.77 bits per heavy atom. The van der Waals surface area contributed by atoms with Crippen molar-refractivity contribution in [3.63, 3.8) is 0 Å². The summed E-state index contributed by atoms with van der Waals surface area (Å²) in [6.45, 7) is 0.111. The van der Waals surface area contributed by atoms with Gasteiger partial charge in [-0.1, -0.05) is 54.1 Å². The SMILES string of the molecule is COC(=O)Nc1nc2ccc(C3(O)c4ccccc4C(=O)N3Cc3ccccc3Cl)cc2[nH]1.O=C(O)C(F)(F)F. The van der Waals surface area contributed by atoms with Gasteiger partial charge in [0.15, 0.2) is 5.72 Å². The number of nitrogens with zero attached hydrogens (tertiary/aromatic N) is 2. The van der Waals surface area contributed by atoms with Crippen LogP contribution in [0, 0.1) is 0 Å². The first-order chi connectivity index (χ1) is 18.9. The molecule has 0 fully saturated rings. The number of H-pyrrole nitrogens is 1. The molecule has 1 aliphatic heterocycles. The average molecular weight is 577 g/mol. The molecule has 4 N–H and O–H groups in total. The minimum Gasteiger partial charge on any atom is -0.475 e. The van der Waals surface area contributed by atoms with Crippen LogP contribution in [0.15, 0.2) is 66.7 Å². The van der Waals surface area contributed by atoms with Crippen LogP contribution in [0.1, 0.15) is 27.0 Å². The van der Waals surface area contributed by atoms with Crippen LogP contribution in [-0.2, 0) is 21.8 Å². The predicted molar refractivity (Wildman–Crippen MR) is 137 cm³/mol. The van der Waals surface area contributed by atoms with Crippen molar-refractivity contribution in [2.24, 2.45) is 0 Å². The number of benzene rings is 3. The molecular formula is C26H20ClF3N4O6. The summed E-state index contributed by atoms with van der Waals surface area (Å²) in [7, 11) is 1.26. The molecule has 3 aromatic carbocycles. The number of methoxy groups -OCH3 is 1.